The number of carboxylic acid groups (broad SMARTS) is 1. The van der Waals surface area contributed by atoms with Gasteiger partial charge in [-0.25, -0.2) is 13.9 Å². The van der Waals surface area contributed by atoms with Crippen molar-refractivity contribution in [2.24, 2.45) is 7.05 Å². The summed E-state index contributed by atoms with van der Waals surface area (Å²) in [6.45, 7) is 2.90. The van der Waals surface area contributed by atoms with Gasteiger partial charge in [-0.2, -0.15) is 4.98 Å². The summed E-state index contributed by atoms with van der Waals surface area (Å²) >= 11 is 0. The van der Waals surface area contributed by atoms with Gasteiger partial charge in [0.2, 0.25) is 5.95 Å². The van der Waals surface area contributed by atoms with Crippen LogP contribution in [-0.4, -0.2) is 52.0 Å². The maximum absolute atomic E-state index is 13.0. The Bertz CT molecular complexity index is 677. The van der Waals surface area contributed by atoms with E-state index in [0.717, 1.165) is 18.8 Å². The van der Waals surface area contributed by atoms with Crippen molar-refractivity contribution >= 4 is 17.6 Å². The minimum absolute atomic E-state index is 0.196. The molecule has 2 heterocycles. The average molecular weight is 305 g/mol. The van der Waals surface area contributed by atoms with Gasteiger partial charge >= 0.3 is 5.97 Å². The van der Waals surface area contributed by atoms with E-state index in [1.165, 1.54) is 16.8 Å². The molecule has 0 spiro atoms. The Kier molecular flexibility index (Phi) is 3.66. The molecule has 1 aliphatic heterocycles. The number of carbonyl (C=O) groups is 1. The molecule has 0 amide bonds. The Labute approximate surface area is 126 Å². The quantitative estimate of drug-likeness (QED) is 0.911. The van der Waals surface area contributed by atoms with Crippen LogP contribution in [0.5, 0.6) is 0 Å². The third-order valence-electron chi connectivity index (χ3n) is 3.69. The number of nitrogens with zero attached hydrogens (tertiary/aromatic N) is 5. The minimum Gasteiger partial charge on any atom is -0.475 e. The molecule has 1 aromatic carbocycles. The topological polar surface area (TPSA) is 74.5 Å². The van der Waals surface area contributed by atoms with Crippen LogP contribution in [0.1, 0.15) is 10.6 Å². The van der Waals surface area contributed by atoms with Crippen molar-refractivity contribution in [3.63, 3.8) is 0 Å². The van der Waals surface area contributed by atoms with Gasteiger partial charge in [-0.05, 0) is 24.3 Å². The molecule has 0 saturated carbocycles. The summed E-state index contributed by atoms with van der Waals surface area (Å²) in [6.07, 6.45) is 0. The number of aromatic carboxylic acids is 1. The summed E-state index contributed by atoms with van der Waals surface area (Å²) in [5, 5.41) is 12.8. The van der Waals surface area contributed by atoms with Gasteiger partial charge in [-0.1, -0.05) is 0 Å². The zero-order valence-electron chi connectivity index (χ0n) is 12.1. The van der Waals surface area contributed by atoms with Gasteiger partial charge in [0.1, 0.15) is 5.82 Å². The number of carboxylic acids is 1. The Balaban J connectivity index is 1.69. The third kappa shape index (κ3) is 2.72. The highest BCUT2D eigenvalue weighted by Gasteiger charge is 2.23. The molecular weight excluding hydrogens is 289 g/mol. The summed E-state index contributed by atoms with van der Waals surface area (Å²) in [7, 11) is 1.68. The first kappa shape index (κ1) is 14.3. The summed E-state index contributed by atoms with van der Waals surface area (Å²) in [6, 6.07) is 6.42. The Morgan fingerprint density at radius 2 is 1.73 bits per heavy atom. The lowest BCUT2D eigenvalue weighted by atomic mass is 10.2. The van der Waals surface area contributed by atoms with Crippen LogP contribution >= 0.6 is 0 Å². The standard InChI is InChI=1S/C14H16FN5O2/c1-18-14(16-12(17-18)13(21)22)20-8-6-19(7-9-20)11-4-2-10(15)3-5-11/h2-5H,6-9H2,1H3,(H,21,22). The maximum Gasteiger partial charge on any atom is 0.375 e. The third-order valence-corrected chi connectivity index (χ3v) is 3.69. The molecule has 1 saturated heterocycles. The van der Waals surface area contributed by atoms with E-state index in [2.05, 4.69) is 15.0 Å². The second-order valence-corrected chi connectivity index (χ2v) is 5.11. The van der Waals surface area contributed by atoms with Crippen molar-refractivity contribution < 1.29 is 14.3 Å². The number of aryl methyl sites for hydroxylation is 1. The highest BCUT2D eigenvalue weighted by molar-refractivity contribution is 5.83. The predicted octanol–water partition coefficient (Wildman–Crippen LogP) is 0.979. The molecule has 8 heteroatoms. The van der Waals surface area contributed by atoms with Crippen molar-refractivity contribution in [2.45, 2.75) is 0 Å². The molecule has 22 heavy (non-hydrogen) atoms. The van der Waals surface area contributed by atoms with Crippen LogP contribution in [0, 0.1) is 5.82 Å². The van der Waals surface area contributed by atoms with E-state index in [1.54, 1.807) is 19.2 Å². The number of halogens is 1. The lowest BCUT2D eigenvalue weighted by molar-refractivity contribution is 0.0683. The van der Waals surface area contributed by atoms with Gasteiger partial charge < -0.3 is 14.9 Å². The van der Waals surface area contributed by atoms with Gasteiger partial charge in [-0.3, -0.25) is 0 Å². The summed E-state index contributed by atoms with van der Waals surface area (Å²) < 4.78 is 14.4. The van der Waals surface area contributed by atoms with Crippen LogP contribution in [-0.2, 0) is 7.05 Å². The summed E-state index contributed by atoms with van der Waals surface area (Å²) in [5.74, 6) is -1.02. The highest BCUT2D eigenvalue weighted by Crippen LogP contribution is 2.19. The monoisotopic (exact) mass is 305 g/mol. The Morgan fingerprint density at radius 1 is 1.14 bits per heavy atom. The zero-order valence-corrected chi connectivity index (χ0v) is 12.1. The molecule has 1 N–H and O–H groups in total. The summed E-state index contributed by atoms with van der Waals surface area (Å²) in [4.78, 5) is 19.1. The largest absolute Gasteiger partial charge is 0.475 e. The zero-order chi connectivity index (χ0) is 15.7. The smallest absolute Gasteiger partial charge is 0.375 e. The molecule has 1 aromatic heterocycles. The fourth-order valence-corrected chi connectivity index (χ4v) is 2.56. The molecule has 0 aliphatic carbocycles. The molecule has 0 bridgehead atoms. The Morgan fingerprint density at radius 3 is 2.27 bits per heavy atom. The van der Waals surface area contributed by atoms with Gasteiger partial charge in [-0.15, -0.1) is 5.10 Å². The molecule has 2 aromatic rings. The molecule has 1 aliphatic rings. The van der Waals surface area contributed by atoms with Crippen LogP contribution < -0.4 is 9.80 Å². The molecule has 1 fully saturated rings. The number of piperazine rings is 1. The molecule has 0 radical (unpaired) electrons. The summed E-state index contributed by atoms with van der Waals surface area (Å²) in [5.41, 5.74) is 0.977. The van der Waals surface area contributed by atoms with E-state index >= 15 is 0 Å². The van der Waals surface area contributed by atoms with Gasteiger partial charge in [0, 0.05) is 38.9 Å². The predicted molar refractivity (Wildman–Crippen MR) is 78.8 cm³/mol. The van der Waals surface area contributed by atoms with Gasteiger partial charge in [0.25, 0.3) is 5.82 Å². The second kappa shape index (κ2) is 5.63. The number of hydrogen-bond donors (Lipinski definition) is 1. The fraction of sp³-hybridized carbons (Fsp3) is 0.357. The fourth-order valence-electron chi connectivity index (χ4n) is 2.56. The van der Waals surface area contributed by atoms with Crippen molar-refractivity contribution in [2.75, 3.05) is 36.0 Å². The lowest BCUT2D eigenvalue weighted by Crippen LogP contribution is -2.47. The van der Waals surface area contributed by atoms with E-state index in [-0.39, 0.29) is 11.6 Å². The maximum atomic E-state index is 13.0. The first-order valence-corrected chi connectivity index (χ1v) is 6.94. The van der Waals surface area contributed by atoms with Crippen molar-refractivity contribution in [1.82, 2.24) is 14.8 Å². The lowest BCUT2D eigenvalue weighted by Gasteiger charge is -2.36. The second-order valence-electron chi connectivity index (χ2n) is 5.11. The van der Waals surface area contributed by atoms with Crippen molar-refractivity contribution in [1.29, 1.82) is 0 Å². The van der Waals surface area contributed by atoms with Crippen molar-refractivity contribution in [3.05, 3.63) is 35.9 Å². The molecule has 0 unspecified atom stereocenters. The molecule has 116 valence electrons. The first-order chi connectivity index (χ1) is 10.5. The Hall–Kier alpha value is -2.64. The molecule has 7 nitrogen and oxygen atoms in total. The number of benzene rings is 1. The first-order valence-electron chi connectivity index (χ1n) is 6.94. The van der Waals surface area contributed by atoms with Crippen LogP contribution in [0.3, 0.4) is 0 Å². The van der Waals surface area contributed by atoms with E-state index in [1.807, 2.05) is 4.90 Å². The normalized spacial score (nSPS) is 15.2. The molecule has 3 rings (SSSR count). The van der Waals surface area contributed by atoms with Crippen LogP contribution in [0.4, 0.5) is 16.0 Å². The number of hydrogen-bond acceptors (Lipinski definition) is 5. The van der Waals surface area contributed by atoms with E-state index in [4.69, 9.17) is 5.11 Å². The molecule has 0 atom stereocenters. The van der Waals surface area contributed by atoms with Gasteiger partial charge in [0.15, 0.2) is 0 Å². The highest BCUT2D eigenvalue weighted by atomic mass is 19.1. The minimum atomic E-state index is -1.13. The van der Waals surface area contributed by atoms with Crippen LogP contribution in [0.25, 0.3) is 0 Å². The molecular formula is C14H16FN5O2. The van der Waals surface area contributed by atoms with E-state index in [0.29, 0.717) is 19.0 Å². The van der Waals surface area contributed by atoms with Gasteiger partial charge in [0.05, 0.1) is 0 Å². The number of rotatable bonds is 3. The number of anilines is 2. The van der Waals surface area contributed by atoms with Crippen LogP contribution in [0.15, 0.2) is 24.3 Å². The van der Waals surface area contributed by atoms with E-state index < -0.39 is 5.97 Å². The van der Waals surface area contributed by atoms with Crippen LogP contribution in [0.2, 0.25) is 0 Å². The average Bonchev–Trinajstić information content (AvgIpc) is 2.91. The number of aromatic nitrogens is 3. The van der Waals surface area contributed by atoms with Crippen molar-refractivity contribution in [3.8, 4) is 0 Å². The van der Waals surface area contributed by atoms with E-state index in [9.17, 15) is 9.18 Å². The SMILES string of the molecule is Cn1nc(C(=O)O)nc1N1CCN(c2ccc(F)cc2)CC1.